The molecule has 1 aromatic carbocycles. The van der Waals surface area contributed by atoms with Crippen molar-refractivity contribution < 1.29 is 15.1 Å². The Bertz CT molecular complexity index is 677. The summed E-state index contributed by atoms with van der Waals surface area (Å²) in [6.07, 6.45) is 0. The van der Waals surface area contributed by atoms with Crippen molar-refractivity contribution in [1.29, 1.82) is 0 Å². The van der Waals surface area contributed by atoms with Crippen LogP contribution in [-0.4, -0.2) is 0 Å². The van der Waals surface area contributed by atoms with Gasteiger partial charge in [0.25, 0.3) is 0 Å². The van der Waals surface area contributed by atoms with Crippen molar-refractivity contribution in [3.05, 3.63) is 57.0 Å². The third-order valence-electron chi connectivity index (χ3n) is 6.06. The Morgan fingerprint density at radius 2 is 0.966 bits per heavy atom. The van der Waals surface area contributed by atoms with Crippen molar-refractivity contribution in [1.82, 2.24) is 0 Å². The molecular formula is C25H41Cl2PRh+. The average Bonchev–Trinajstić information content (AvgIpc) is 2.80. The maximum absolute atomic E-state index is 4.83. The summed E-state index contributed by atoms with van der Waals surface area (Å²) < 4.78 is 0. The van der Waals surface area contributed by atoms with Crippen LogP contribution < -0.4 is 5.30 Å². The van der Waals surface area contributed by atoms with E-state index >= 15 is 0 Å². The van der Waals surface area contributed by atoms with E-state index < -0.39 is 0 Å². The van der Waals surface area contributed by atoms with E-state index in [9.17, 15) is 0 Å². The van der Waals surface area contributed by atoms with Gasteiger partial charge in [0.05, 0.1) is 5.30 Å². The van der Waals surface area contributed by atoms with Gasteiger partial charge in [-0.05, 0) is 73.3 Å². The van der Waals surface area contributed by atoms with E-state index in [2.05, 4.69) is 97.5 Å². The van der Waals surface area contributed by atoms with Crippen molar-refractivity contribution in [3.63, 3.8) is 0 Å². The molecule has 1 unspecified atom stereocenters. The fourth-order valence-electron chi connectivity index (χ4n) is 3.51. The van der Waals surface area contributed by atoms with Crippen LogP contribution in [0.2, 0.25) is 0 Å². The van der Waals surface area contributed by atoms with E-state index in [-0.39, 0.29) is 15.1 Å². The van der Waals surface area contributed by atoms with Crippen LogP contribution in [-0.2, 0) is 15.1 Å². The first-order valence-corrected chi connectivity index (χ1v) is 15.3. The molecule has 29 heavy (non-hydrogen) atoms. The number of hydrogen-bond donors (Lipinski definition) is 0. The molecule has 0 fully saturated rings. The quantitative estimate of drug-likeness (QED) is 0.262. The molecule has 0 bridgehead atoms. The second-order valence-electron chi connectivity index (χ2n) is 8.81. The molecule has 2 rings (SSSR count). The first-order chi connectivity index (χ1) is 13.3. The van der Waals surface area contributed by atoms with Crippen LogP contribution in [0.3, 0.4) is 0 Å². The van der Waals surface area contributed by atoms with Gasteiger partial charge in [-0.25, -0.2) is 0 Å². The second kappa shape index (κ2) is 13.7. The molecule has 4 heteroatoms. The summed E-state index contributed by atoms with van der Waals surface area (Å²) in [6, 6.07) is 4.81. The van der Waals surface area contributed by atoms with Gasteiger partial charge in [0.2, 0.25) is 0 Å². The molecule has 0 nitrogen and oxygen atoms in total. The Kier molecular flexibility index (Phi) is 13.8. The summed E-state index contributed by atoms with van der Waals surface area (Å²) in [4.78, 5) is 0. The molecule has 0 amide bonds. The van der Waals surface area contributed by atoms with Crippen LogP contribution in [0.5, 0.6) is 0 Å². The molecule has 1 aliphatic carbocycles. The van der Waals surface area contributed by atoms with E-state index in [1.165, 1.54) is 50.2 Å². The maximum atomic E-state index is 4.83. The van der Waals surface area contributed by atoms with Crippen molar-refractivity contribution >= 4 is 33.9 Å². The molecule has 0 heterocycles. The monoisotopic (exact) mass is 545 g/mol. The molecule has 1 aromatic rings. The van der Waals surface area contributed by atoms with Gasteiger partial charge in [-0.1, -0.05) is 71.7 Å². The first-order valence-electron chi connectivity index (χ1n) is 10.3. The topological polar surface area (TPSA) is 0 Å². The zero-order chi connectivity index (χ0) is 23.0. The average molecular weight is 546 g/mol. The predicted octanol–water partition coefficient (Wildman–Crippen LogP) is 8.93. The number of halogens is 2. The molecule has 0 aliphatic heterocycles. The van der Waals surface area contributed by atoms with E-state index in [0.29, 0.717) is 17.8 Å². The zero-order valence-corrected chi connectivity index (χ0v) is 24.7. The summed E-state index contributed by atoms with van der Waals surface area (Å²) in [5, 5.41) is 1.52. The fourth-order valence-corrected chi connectivity index (χ4v) is 4.53. The van der Waals surface area contributed by atoms with Gasteiger partial charge in [0, 0.05) is 15.2 Å². The summed E-state index contributed by atoms with van der Waals surface area (Å²) >= 11 is -0.226. The third-order valence-corrected chi connectivity index (χ3v) is 6.88. The number of allylic oxidation sites excluding steroid dienone is 4. The second-order valence-corrected chi connectivity index (χ2v) is 12.0. The summed E-state index contributed by atoms with van der Waals surface area (Å²) in [7, 11) is 11.7. The van der Waals surface area contributed by atoms with Gasteiger partial charge in [-0.15, -0.1) is 0 Å². The Labute approximate surface area is 199 Å². The van der Waals surface area contributed by atoms with Gasteiger partial charge in [0.1, 0.15) is 0 Å². The molecule has 1 atom stereocenters. The van der Waals surface area contributed by atoms with E-state index in [1.54, 1.807) is 0 Å². The van der Waals surface area contributed by atoms with E-state index in [0.717, 1.165) is 0 Å². The van der Waals surface area contributed by atoms with Gasteiger partial charge in [-0.2, -0.15) is 0 Å². The molecule has 0 aromatic heterocycles. The zero-order valence-electron chi connectivity index (χ0n) is 20.2. The molecule has 1 radical (unpaired) electrons. The van der Waals surface area contributed by atoms with Gasteiger partial charge < -0.3 is 0 Å². The third kappa shape index (κ3) is 8.41. The van der Waals surface area contributed by atoms with Crippen molar-refractivity contribution in [2.75, 3.05) is 0 Å². The van der Waals surface area contributed by atoms with E-state index in [4.69, 9.17) is 19.4 Å². The van der Waals surface area contributed by atoms with Crippen molar-refractivity contribution in [2.45, 2.75) is 93.9 Å². The van der Waals surface area contributed by atoms with Gasteiger partial charge in [-0.3, -0.25) is 0 Å². The Morgan fingerprint density at radius 3 is 1.14 bits per heavy atom. The molecule has 0 saturated heterocycles. The van der Waals surface area contributed by atoms with Crippen LogP contribution in [0.4, 0.5) is 0 Å². The fraction of sp³-hybridized carbons (Fsp3) is 0.560. The van der Waals surface area contributed by atoms with Crippen LogP contribution in [0.25, 0.3) is 0 Å². The summed E-state index contributed by atoms with van der Waals surface area (Å²) in [5.74, 6) is 3.35. The van der Waals surface area contributed by atoms with Crippen LogP contribution >= 0.6 is 28.6 Å². The minimum absolute atomic E-state index is 0.226. The van der Waals surface area contributed by atoms with Crippen LogP contribution in [0, 0.1) is 5.92 Å². The number of hydrogen-bond acceptors (Lipinski definition) is 0. The Balaban J connectivity index is 0.000000514. The van der Waals surface area contributed by atoms with Crippen molar-refractivity contribution in [3.8, 4) is 0 Å². The van der Waals surface area contributed by atoms with Crippen LogP contribution in [0.1, 0.15) is 111 Å². The van der Waals surface area contributed by atoms with Gasteiger partial charge >= 0.3 is 34.5 Å². The standard InChI is InChI=1S/C15H25P.C10H15.2ClH.Rh/c1-9(2)12-7-13(10(3)4)15(16)14(8-12)11(5)6;1-6-7(2)9(4)10(5)8(6)3;;;/h7-11H,16H2,1-6H3;1-5H3;2*1H;/q;;;;+2/p-1. The SMILES string of the molecule is CC(C)c1cc(C(C)C)c([PH3+])c(C(C)C)c1.C[C]1C(C)=C(C)C(C)=C1C.[Cl][Rh][Cl]. The normalized spacial score (nSPS) is 14.8. The van der Waals surface area contributed by atoms with Crippen LogP contribution in [0.15, 0.2) is 34.4 Å². The molecular weight excluding hydrogens is 505 g/mol. The Morgan fingerprint density at radius 1 is 0.655 bits per heavy atom. The summed E-state index contributed by atoms with van der Waals surface area (Å²) in [5.41, 5.74) is 10.4. The molecule has 168 valence electrons. The molecule has 0 saturated carbocycles. The molecule has 0 spiro atoms. The summed E-state index contributed by atoms with van der Waals surface area (Å²) in [6.45, 7) is 24.7. The number of rotatable bonds is 3. The first kappa shape index (κ1) is 29.3. The predicted molar refractivity (Wildman–Crippen MR) is 137 cm³/mol. The number of benzene rings is 1. The molecule has 0 N–H and O–H groups in total. The Hall–Kier alpha value is 0.333. The minimum atomic E-state index is -0.226. The van der Waals surface area contributed by atoms with E-state index in [1.807, 2.05) is 0 Å². The molecule has 1 aliphatic rings. The van der Waals surface area contributed by atoms with Gasteiger partial charge in [0.15, 0.2) is 0 Å². The van der Waals surface area contributed by atoms with Crippen molar-refractivity contribution in [2.24, 2.45) is 0 Å².